The van der Waals surface area contributed by atoms with Gasteiger partial charge in [-0.2, -0.15) is 0 Å². The van der Waals surface area contributed by atoms with Gasteiger partial charge >= 0.3 is 0 Å². The third-order valence-corrected chi connectivity index (χ3v) is 3.26. The van der Waals surface area contributed by atoms with E-state index in [1.54, 1.807) is 0 Å². The van der Waals surface area contributed by atoms with Gasteiger partial charge in [-0.3, -0.25) is 0 Å². The molecular weight excluding hydrogens is 198 g/mol. The van der Waals surface area contributed by atoms with Crippen LogP contribution in [0, 0.1) is 6.42 Å². The number of aldehydes is 1. The molecule has 0 aromatic carbocycles. The number of carbonyl (C=O) groups is 1. The molecule has 0 heterocycles. The molecule has 1 radical (unpaired) electrons. The molecule has 0 aromatic rings. The third kappa shape index (κ3) is 8.90. The van der Waals surface area contributed by atoms with Gasteiger partial charge in [0.2, 0.25) is 0 Å². The molecule has 0 fully saturated rings. The van der Waals surface area contributed by atoms with Crippen LogP contribution < -0.4 is 0 Å². The summed E-state index contributed by atoms with van der Waals surface area (Å²) in [7, 11) is 6.71. The fourth-order valence-electron chi connectivity index (χ4n) is 1.58. The first-order valence-corrected chi connectivity index (χ1v) is 6.56. The molecule has 0 saturated heterocycles. The number of quaternary nitrogens is 1. The average Bonchev–Trinajstić information content (AvgIpc) is 2.20. The van der Waals surface area contributed by atoms with Crippen LogP contribution in [0.4, 0.5) is 0 Å². The molecule has 0 spiro atoms. The summed E-state index contributed by atoms with van der Waals surface area (Å²) in [5.41, 5.74) is 0. The molecule has 0 saturated carbocycles. The molecule has 0 N–H and O–H groups in total. The van der Waals surface area contributed by atoms with E-state index >= 15 is 0 Å². The standard InChI is InChI=1S/C14H29NO/c1-14(15(2,3)4)12-10-8-6-5-7-9-11-13-16/h12-14H,5-11H2,1-4H3/q+1. The Balaban J connectivity index is 3.24. The van der Waals surface area contributed by atoms with Crippen LogP contribution in [0.5, 0.6) is 0 Å². The van der Waals surface area contributed by atoms with Gasteiger partial charge in [-0.05, 0) is 19.8 Å². The molecule has 95 valence electrons. The summed E-state index contributed by atoms with van der Waals surface area (Å²) in [5, 5.41) is 0. The molecule has 2 nitrogen and oxygen atoms in total. The molecule has 1 unspecified atom stereocenters. The Labute approximate surface area is 102 Å². The smallest absolute Gasteiger partial charge is 0.119 e. The summed E-state index contributed by atoms with van der Waals surface area (Å²) in [6.07, 6.45) is 11.6. The van der Waals surface area contributed by atoms with Crippen molar-refractivity contribution in [2.45, 2.75) is 57.9 Å². The fourth-order valence-corrected chi connectivity index (χ4v) is 1.58. The maximum absolute atomic E-state index is 10.1. The van der Waals surface area contributed by atoms with Crippen LogP contribution in [0.15, 0.2) is 0 Å². The predicted octanol–water partition coefficient (Wildman–Crippen LogP) is 3.21. The molecule has 0 aliphatic rings. The van der Waals surface area contributed by atoms with Crippen LogP contribution in [0.3, 0.4) is 0 Å². The topological polar surface area (TPSA) is 17.1 Å². The molecule has 0 aromatic heterocycles. The summed E-state index contributed by atoms with van der Waals surface area (Å²) in [5.74, 6) is 0. The van der Waals surface area contributed by atoms with Gasteiger partial charge in [0.05, 0.1) is 27.2 Å². The van der Waals surface area contributed by atoms with Crippen molar-refractivity contribution < 1.29 is 9.28 Å². The van der Waals surface area contributed by atoms with E-state index < -0.39 is 0 Å². The van der Waals surface area contributed by atoms with E-state index in [0.717, 1.165) is 23.6 Å². The molecule has 0 aliphatic carbocycles. The van der Waals surface area contributed by atoms with Crippen molar-refractivity contribution in [1.29, 1.82) is 0 Å². The summed E-state index contributed by atoms with van der Waals surface area (Å²) in [6.45, 7) is 2.28. The van der Waals surface area contributed by atoms with Crippen LogP contribution in [-0.2, 0) is 4.79 Å². The zero-order valence-electron chi connectivity index (χ0n) is 11.5. The summed E-state index contributed by atoms with van der Waals surface area (Å²) >= 11 is 0. The van der Waals surface area contributed by atoms with Gasteiger partial charge in [-0.25, -0.2) is 0 Å². The second-order valence-corrected chi connectivity index (χ2v) is 5.60. The van der Waals surface area contributed by atoms with Gasteiger partial charge in [0.1, 0.15) is 6.29 Å². The molecule has 2 heteroatoms. The Kier molecular flexibility index (Phi) is 8.54. The van der Waals surface area contributed by atoms with E-state index in [2.05, 4.69) is 34.5 Å². The lowest BCUT2D eigenvalue weighted by atomic mass is 10.0. The lowest BCUT2D eigenvalue weighted by Gasteiger charge is -2.31. The van der Waals surface area contributed by atoms with E-state index in [0.29, 0.717) is 6.04 Å². The summed E-state index contributed by atoms with van der Waals surface area (Å²) < 4.78 is 1.01. The lowest BCUT2D eigenvalue weighted by molar-refractivity contribution is -0.889. The molecular formula is C14H29NO+. The Bertz CT molecular complexity index is 172. The minimum Gasteiger partial charge on any atom is -0.328 e. The number of nitrogens with zero attached hydrogens (tertiary/aromatic N) is 1. The molecule has 0 bridgehead atoms. The second-order valence-electron chi connectivity index (χ2n) is 5.60. The van der Waals surface area contributed by atoms with E-state index in [1.165, 1.54) is 32.1 Å². The first kappa shape index (κ1) is 15.6. The van der Waals surface area contributed by atoms with Crippen LogP contribution in [0.1, 0.15) is 51.9 Å². The van der Waals surface area contributed by atoms with Crippen LogP contribution in [-0.4, -0.2) is 38.0 Å². The van der Waals surface area contributed by atoms with Gasteiger partial charge in [0, 0.05) is 12.8 Å². The van der Waals surface area contributed by atoms with Crippen molar-refractivity contribution in [3.05, 3.63) is 6.42 Å². The van der Waals surface area contributed by atoms with Crippen molar-refractivity contribution in [1.82, 2.24) is 0 Å². The number of hydrogen-bond acceptors (Lipinski definition) is 1. The normalized spacial score (nSPS) is 13.8. The van der Waals surface area contributed by atoms with Gasteiger partial charge in [-0.15, -0.1) is 0 Å². The Morgan fingerprint density at radius 2 is 1.44 bits per heavy atom. The van der Waals surface area contributed by atoms with Crippen molar-refractivity contribution >= 4 is 6.29 Å². The highest BCUT2D eigenvalue weighted by Crippen LogP contribution is 2.12. The minimum absolute atomic E-state index is 0.634. The fraction of sp³-hybridized carbons (Fsp3) is 0.857. The zero-order valence-corrected chi connectivity index (χ0v) is 11.5. The van der Waals surface area contributed by atoms with Crippen LogP contribution >= 0.6 is 0 Å². The zero-order chi connectivity index (χ0) is 12.4. The van der Waals surface area contributed by atoms with Gasteiger partial charge in [0.25, 0.3) is 0 Å². The van der Waals surface area contributed by atoms with Gasteiger partial charge in [-0.1, -0.05) is 25.7 Å². The van der Waals surface area contributed by atoms with Crippen molar-refractivity contribution in [3.8, 4) is 0 Å². The molecule has 0 rings (SSSR count). The van der Waals surface area contributed by atoms with E-state index in [1.807, 2.05) is 0 Å². The van der Waals surface area contributed by atoms with Crippen molar-refractivity contribution in [2.24, 2.45) is 0 Å². The lowest BCUT2D eigenvalue weighted by Crippen LogP contribution is -2.43. The van der Waals surface area contributed by atoms with Gasteiger partial charge in [0.15, 0.2) is 0 Å². The highest BCUT2D eigenvalue weighted by Gasteiger charge is 2.17. The Morgan fingerprint density at radius 1 is 0.938 bits per heavy atom. The number of hydrogen-bond donors (Lipinski definition) is 0. The summed E-state index contributed by atoms with van der Waals surface area (Å²) in [6, 6.07) is 0.634. The number of rotatable bonds is 10. The Morgan fingerprint density at radius 3 is 1.94 bits per heavy atom. The van der Waals surface area contributed by atoms with Crippen molar-refractivity contribution in [3.63, 3.8) is 0 Å². The second kappa shape index (κ2) is 8.74. The van der Waals surface area contributed by atoms with Gasteiger partial charge < -0.3 is 9.28 Å². The third-order valence-electron chi connectivity index (χ3n) is 3.26. The van der Waals surface area contributed by atoms with Crippen LogP contribution in [0.25, 0.3) is 0 Å². The quantitative estimate of drug-likeness (QED) is 0.318. The SMILES string of the molecule is CC([CH]CCCCCCCC=O)[N+](C)(C)C. The largest absolute Gasteiger partial charge is 0.328 e. The molecule has 1 atom stereocenters. The number of unbranched alkanes of at least 4 members (excludes halogenated alkanes) is 6. The van der Waals surface area contributed by atoms with E-state index in [-0.39, 0.29) is 0 Å². The Hall–Kier alpha value is -0.370. The number of carbonyl (C=O) groups excluding carboxylic acids is 1. The highest BCUT2D eigenvalue weighted by atomic mass is 16.1. The summed E-state index contributed by atoms with van der Waals surface area (Å²) in [4.78, 5) is 10.1. The van der Waals surface area contributed by atoms with Crippen LogP contribution in [0.2, 0.25) is 0 Å². The predicted molar refractivity (Wildman–Crippen MR) is 70.2 cm³/mol. The van der Waals surface area contributed by atoms with Crippen molar-refractivity contribution in [2.75, 3.05) is 21.1 Å². The van der Waals surface area contributed by atoms with E-state index in [4.69, 9.17) is 0 Å². The first-order chi connectivity index (χ1) is 7.48. The maximum atomic E-state index is 10.1. The molecule has 0 amide bonds. The maximum Gasteiger partial charge on any atom is 0.119 e. The average molecular weight is 227 g/mol. The molecule has 0 aliphatic heterocycles. The monoisotopic (exact) mass is 227 g/mol. The van der Waals surface area contributed by atoms with E-state index in [9.17, 15) is 4.79 Å². The first-order valence-electron chi connectivity index (χ1n) is 6.56. The minimum atomic E-state index is 0.634. The highest BCUT2D eigenvalue weighted by molar-refractivity contribution is 5.48. The molecule has 16 heavy (non-hydrogen) atoms.